The molecule has 0 amide bonds. The van der Waals surface area contributed by atoms with E-state index in [9.17, 15) is 10.1 Å². The average Bonchev–Trinajstić information content (AvgIpc) is 3.29. The van der Waals surface area contributed by atoms with Gasteiger partial charge in [-0.2, -0.15) is 5.26 Å². The first-order chi connectivity index (χ1) is 9.19. The molecular weight excluding hydrogens is 242 g/mol. The summed E-state index contributed by atoms with van der Waals surface area (Å²) in [6, 6.07) is 7.08. The highest BCUT2D eigenvalue weighted by Gasteiger charge is 2.41. The standard InChI is InChI=1S/C14H15N3O2/c15-8-11-5-6-12(7-13(11)17(18)19)16-14(9-1-2-9)10-3-4-10/h5-7,9-10,14,16H,1-4H2. The van der Waals surface area contributed by atoms with Crippen LogP contribution in [-0.2, 0) is 0 Å². The molecule has 5 nitrogen and oxygen atoms in total. The van der Waals surface area contributed by atoms with E-state index in [0.29, 0.717) is 6.04 Å². The fourth-order valence-corrected chi connectivity index (χ4v) is 2.59. The molecule has 2 aliphatic rings. The van der Waals surface area contributed by atoms with E-state index >= 15 is 0 Å². The lowest BCUT2D eigenvalue weighted by atomic mass is 10.1. The third-order valence-electron chi connectivity index (χ3n) is 3.91. The summed E-state index contributed by atoms with van der Waals surface area (Å²) < 4.78 is 0. The number of nitrogens with one attached hydrogen (secondary N) is 1. The molecule has 2 saturated carbocycles. The van der Waals surface area contributed by atoms with Crippen molar-refractivity contribution in [3.8, 4) is 6.07 Å². The Morgan fingerprint density at radius 3 is 2.42 bits per heavy atom. The number of nitro groups is 1. The molecule has 2 aliphatic carbocycles. The zero-order valence-corrected chi connectivity index (χ0v) is 10.5. The zero-order chi connectivity index (χ0) is 13.4. The van der Waals surface area contributed by atoms with E-state index in [-0.39, 0.29) is 11.3 Å². The normalized spacial score (nSPS) is 18.1. The van der Waals surface area contributed by atoms with E-state index in [4.69, 9.17) is 5.26 Å². The molecule has 0 unspecified atom stereocenters. The summed E-state index contributed by atoms with van der Waals surface area (Å²) in [5.74, 6) is 1.45. The van der Waals surface area contributed by atoms with Crippen molar-refractivity contribution in [2.75, 3.05) is 5.32 Å². The number of nitrogens with zero attached hydrogens (tertiary/aromatic N) is 2. The number of anilines is 1. The van der Waals surface area contributed by atoms with Crippen LogP contribution in [0.15, 0.2) is 18.2 Å². The van der Waals surface area contributed by atoms with Crippen molar-refractivity contribution in [1.29, 1.82) is 5.26 Å². The van der Waals surface area contributed by atoms with Crippen LogP contribution in [-0.4, -0.2) is 11.0 Å². The Morgan fingerprint density at radius 2 is 1.95 bits per heavy atom. The summed E-state index contributed by atoms with van der Waals surface area (Å²) in [4.78, 5) is 10.4. The molecule has 0 atom stereocenters. The molecule has 2 fully saturated rings. The van der Waals surface area contributed by atoms with Crippen LogP contribution in [0.1, 0.15) is 31.2 Å². The minimum Gasteiger partial charge on any atom is -0.382 e. The fraction of sp³-hybridized carbons (Fsp3) is 0.500. The summed E-state index contributed by atoms with van der Waals surface area (Å²) in [6.07, 6.45) is 5.03. The van der Waals surface area contributed by atoms with Gasteiger partial charge in [-0.15, -0.1) is 0 Å². The number of hydrogen-bond acceptors (Lipinski definition) is 4. The van der Waals surface area contributed by atoms with Crippen LogP contribution in [0.4, 0.5) is 11.4 Å². The first kappa shape index (κ1) is 12.0. The van der Waals surface area contributed by atoms with Gasteiger partial charge in [-0.1, -0.05) is 0 Å². The molecule has 0 saturated heterocycles. The molecule has 0 spiro atoms. The van der Waals surface area contributed by atoms with E-state index in [1.807, 2.05) is 6.07 Å². The maximum Gasteiger partial charge on any atom is 0.289 e. The molecule has 1 aromatic rings. The molecule has 3 rings (SSSR count). The Balaban J connectivity index is 1.82. The van der Waals surface area contributed by atoms with Gasteiger partial charge in [0.05, 0.1) is 4.92 Å². The number of benzene rings is 1. The average molecular weight is 257 g/mol. The number of nitro benzene ring substituents is 1. The maximum atomic E-state index is 10.9. The second-order valence-corrected chi connectivity index (χ2v) is 5.45. The number of nitriles is 1. The monoisotopic (exact) mass is 257 g/mol. The van der Waals surface area contributed by atoms with E-state index in [1.165, 1.54) is 37.8 Å². The largest absolute Gasteiger partial charge is 0.382 e. The molecule has 0 radical (unpaired) electrons. The third kappa shape index (κ3) is 2.53. The molecule has 0 aromatic heterocycles. The molecule has 98 valence electrons. The first-order valence-electron chi connectivity index (χ1n) is 6.64. The second-order valence-electron chi connectivity index (χ2n) is 5.45. The molecular formula is C14H15N3O2. The van der Waals surface area contributed by atoms with E-state index in [2.05, 4.69) is 5.32 Å². The summed E-state index contributed by atoms with van der Waals surface area (Å²) in [5.41, 5.74) is 0.761. The molecule has 0 aliphatic heterocycles. The maximum absolute atomic E-state index is 10.9. The Hall–Kier alpha value is -2.09. The van der Waals surface area contributed by atoms with Gasteiger partial charge in [-0.05, 0) is 49.7 Å². The van der Waals surface area contributed by atoms with Crippen molar-refractivity contribution < 1.29 is 4.92 Å². The minimum absolute atomic E-state index is 0.113. The van der Waals surface area contributed by atoms with Gasteiger partial charge in [0.15, 0.2) is 0 Å². The van der Waals surface area contributed by atoms with Crippen molar-refractivity contribution in [3.05, 3.63) is 33.9 Å². The van der Waals surface area contributed by atoms with Crippen LogP contribution in [0.2, 0.25) is 0 Å². The SMILES string of the molecule is N#Cc1ccc(NC(C2CC2)C2CC2)cc1[N+](=O)[O-]. The predicted octanol–water partition coefficient (Wildman–Crippen LogP) is 3.07. The first-order valence-corrected chi connectivity index (χ1v) is 6.64. The van der Waals surface area contributed by atoms with E-state index < -0.39 is 4.92 Å². The van der Waals surface area contributed by atoms with Crippen LogP contribution in [0.5, 0.6) is 0 Å². The Morgan fingerprint density at radius 1 is 1.32 bits per heavy atom. The van der Waals surface area contributed by atoms with Crippen molar-refractivity contribution in [2.45, 2.75) is 31.7 Å². The van der Waals surface area contributed by atoms with Gasteiger partial charge in [0.1, 0.15) is 11.6 Å². The van der Waals surface area contributed by atoms with Gasteiger partial charge in [0, 0.05) is 17.8 Å². The van der Waals surface area contributed by atoms with Gasteiger partial charge in [-0.25, -0.2) is 0 Å². The van der Waals surface area contributed by atoms with Gasteiger partial charge >= 0.3 is 0 Å². The quantitative estimate of drug-likeness (QED) is 0.649. The highest BCUT2D eigenvalue weighted by Crippen LogP contribution is 2.46. The lowest BCUT2D eigenvalue weighted by Gasteiger charge is -2.19. The molecule has 1 aromatic carbocycles. The molecule has 0 bridgehead atoms. The second kappa shape index (κ2) is 4.54. The van der Waals surface area contributed by atoms with Gasteiger partial charge in [0.25, 0.3) is 5.69 Å². The van der Waals surface area contributed by atoms with Crippen molar-refractivity contribution in [3.63, 3.8) is 0 Å². The Bertz CT molecular complexity index is 544. The molecule has 0 heterocycles. The summed E-state index contributed by atoms with van der Waals surface area (Å²) in [6.45, 7) is 0. The molecule has 19 heavy (non-hydrogen) atoms. The Labute approximate surface area is 111 Å². The lowest BCUT2D eigenvalue weighted by Crippen LogP contribution is -2.24. The van der Waals surface area contributed by atoms with Crippen LogP contribution < -0.4 is 5.32 Å². The number of hydrogen-bond donors (Lipinski definition) is 1. The van der Waals surface area contributed by atoms with Crippen molar-refractivity contribution in [1.82, 2.24) is 0 Å². The Kier molecular flexibility index (Phi) is 2.86. The van der Waals surface area contributed by atoms with Crippen LogP contribution in [0.3, 0.4) is 0 Å². The fourth-order valence-electron chi connectivity index (χ4n) is 2.59. The zero-order valence-electron chi connectivity index (χ0n) is 10.5. The third-order valence-corrected chi connectivity index (χ3v) is 3.91. The van der Waals surface area contributed by atoms with Crippen LogP contribution in [0, 0.1) is 33.3 Å². The van der Waals surface area contributed by atoms with Gasteiger partial charge < -0.3 is 5.32 Å². The van der Waals surface area contributed by atoms with Gasteiger partial charge in [0.2, 0.25) is 0 Å². The van der Waals surface area contributed by atoms with Crippen LogP contribution in [0.25, 0.3) is 0 Å². The van der Waals surface area contributed by atoms with E-state index in [0.717, 1.165) is 17.5 Å². The summed E-state index contributed by atoms with van der Waals surface area (Å²) in [7, 11) is 0. The molecule has 1 N–H and O–H groups in total. The minimum atomic E-state index is -0.493. The summed E-state index contributed by atoms with van der Waals surface area (Å²) in [5, 5.41) is 23.2. The molecule has 5 heteroatoms. The smallest absolute Gasteiger partial charge is 0.289 e. The van der Waals surface area contributed by atoms with Crippen molar-refractivity contribution in [2.24, 2.45) is 11.8 Å². The van der Waals surface area contributed by atoms with E-state index in [1.54, 1.807) is 6.07 Å². The summed E-state index contributed by atoms with van der Waals surface area (Å²) >= 11 is 0. The van der Waals surface area contributed by atoms with Crippen LogP contribution >= 0.6 is 0 Å². The predicted molar refractivity (Wildman–Crippen MR) is 70.7 cm³/mol. The lowest BCUT2D eigenvalue weighted by molar-refractivity contribution is -0.385. The highest BCUT2D eigenvalue weighted by molar-refractivity contribution is 5.59. The van der Waals surface area contributed by atoms with Crippen molar-refractivity contribution >= 4 is 11.4 Å². The topological polar surface area (TPSA) is 79.0 Å². The van der Waals surface area contributed by atoms with Gasteiger partial charge in [-0.3, -0.25) is 10.1 Å². The highest BCUT2D eigenvalue weighted by atomic mass is 16.6. The number of rotatable bonds is 5.